The van der Waals surface area contributed by atoms with Gasteiger partial charge in [-0.1, -0.05) is 24.3 Å². The summed E-state index contributed by atoms with van der Waals surface area (Å²) in [5.74, 6) is 0. The molecule has 0 spiro atoms. The highest BCUT2D eigenvalue weighted by Crippen LogP contribution is 2.31. The summed E-state index contributed by atoms with van der Waals surface area (Å²) in [7, 11) is 2.03. The Kier molecular flexibility index (Phi) is 2.78. The molecule has 1 fully saturated rings. The number of benzene rings is 1. The lowest BCUT2D eigenvalue weighted by Gasteiger charge is -2.23. The lowest BCUT2D eigenvalue weighted by Crippen LogP contribution is -2.29. The average molecular weight is 206 g/mol. The van der Waals surface area contributed by atoms with Gasteiger partial charge in [-0.2, -0.15) is 0 Å². The van der Waals surface area contributed by atoms with Gasteiger partial charge in [-0.25, -0.2) is 0 Å². The molecule has 3 nitrogen and oxygen atoms in total. The molecule has 0 bridgehead atoms. The van der Waals surface area contributed by atoms with E-state index in [2.05, 4.69) is 4.90 Å². The van der Waals surface area contributed by atoms with E-state index in [1.807, 2.05) is 31.3 Å². The van der Waals surface area contributed by atoms with Crippen LogP contribution in [0.15, 0.2) is 24.3 Å². The number of hydrogen-bond acceptors (Lipinski definition) is 3. The minimum absolute atomic E-state index is 0.554. The first-order valence-electron chi connectivity index (χ1n) is 5.34. The molecule has 1 aromatic carbocycles. The maximum Gasteiger partial charge on any atom is 0.103 e. The molecular formula is C12H18N2O. The summed E-state index contributed by atoms with van der Waals surface area (Å²) in [5.41, 5.74) is 6.98. The molecular weight excluding hydrogens is 188 g/mol. The molecule has 1 aromatic rings. The zero-order valence-electron chi connectivity index (χ0n) is 9.11. The summed E-state index contributed by atoms with van der Waals surface area (Å²) in [4.78, 5) is 2.15. The van der Waals surface area contributed by atoms with E-state index in [1.165, 1.54) is 0 Å². The Morgan fingerprint density at radius 1 is 1.40 bits per heavy atom. The summed E-state index contributed by atoms with van der Waals surface area (Å²) in [6, 6.07) is 7.96. The van der Waals surface area contributed by atoms with Crippen molar-refractivity contribution < 1.29 is 5.11 Å². The molecule has 1 aliphatic rings. The van der Waals surface area contributed by atoms with Crippen molar-refractivity contribution in [1.82, 2.24) is 4.90 Å². The smallest absolute Gasteiger partial charge is 0.103 e. The SMILES string of the molecule is CN1CCC(O)(c2ccc(CN)cc2)C1. The van der Waals surface area contributed by atoms with Crippen LogP contribution in [0, 0.1) is 0 Å². The van der Waals surface area contributed by atoms with Crippen LogP contribution < -0.4 is 5.73 Å². The van der Waals surface area contributed by atoms with Crippen LogP contribution in [0.1, 0.15) is 17.5 Å². The summed E-state index contributed by atoms with van der Waals surface area (Å²) in [6.07, 6.45) is 0.811. The van der Waals surface area contributed by atoms with Gasteiger partial charge in [0.1, 0.15) is 5.60 Å². The third-order valence-electron chi connectivity index (χ3n) is 3.17. The first kappa shape index (κ1) is 10.6. The van der Waals surface area contributed by atoms with Gasteiger partial charge in [0, 0.05) is 19.6 Å². The normalized spacial score (nSPS) is 27.1. The first-order chi connectivity index (χ1) is 7.14. The summed E-state index contributed by atoms with van der Waals surface area (Å²) in [6.45, 7) is 2.22. The largest absolute Gasteiger partial charge is 0.384 e. The van der Waals surface area contributed by atoms with Crippen LogP contribution in [0.3, 0.4) is 0 Å². The molecule has 0 aliphatic carbocycles. The second kappa shape index (κ2) is 3.93. The molecule has 1 aliphatic heterocycles. The molecule has 1 saturated heterocycles. The lowest BCUT2D eigenvalue weighted by atomic mass is 9.92. The minimum atomic E-state index is -0.665. The maximum atomic E-state index is 10.4. The van der Waals surface area contributed by atoms with Crippen molar-refractivity contribution in [2.24, 2.45) is 5.73 Å². The number of rotatable bonds is 2. The highest BCUT2D eigenvalue weighted by molar-refractivity contribution is 5.28. The van der Waals surface area contributed by atoms with E-state index in [0.717, 1.165) is 30.6 Å². The van der Waals surface area contributed by atoms with Crippen molar-refractivity contribution in [3.8, 4) is 0 Å². The zero-order chi connectivity index (χ0) is 10.9. The third-order valence-corrected chi connectivity index (χ3v) is 3.17. The molecule has 1 atom stereocenters. The van der Waals surface area contributed by atoms with Gasteiger partial charge >= 0.3 is 0 Å². The van der Waals surface area contributed by atoms with Crippen molar-refractivity contribution >= 4 is 0 Å². The van der Waals surface area contributed by atoms with Crippen molar-refractivity contribution in [2.75, 3.05) is 20.1 Å². The van der Waals surface area contributed by atoms with E-state index in [-0.39, 0.29) is 0 Å². The summed E-state index contributed by atoms with van der Waals surface area (Å²) >= 11 is 0. The maximum absolute atomic E-state index is 10.4. The average Bonchev–Trinajstić information content (AvgIpc) is 2.60. The highest BCUT2D eigenvalue weighted by atomic mass is 16.3. The van der Waals surface area contributed by atoms with E-state index in [4.69, 9.17) is 5.73 Å². The van der Waals surface area contributed by atoms with Crippen molar-refractivity contribution in [1.29, 1.82) is 0 Å². The molecule has 0 aromatic heterocycles. The molecule has 82 valence electrons. The predicted octanol–water partition coefficient (Wildman–Crippen LogP) is 0.668. The van der Waals surface area contributed by atoms with Crippen molar-refractivity contribution in [2.45, 2.75) is 18.6 Å². The highest BCUT2D eigenvalue weighted by Gasteiger charge is 2.35. The molecule has 3 N–H and O–H groups in total. The van der Waals surface area contributed by atoms with Crippen molar-refractivity contribution in [3.63, 3.8) is 0 Å². The Labute approximate surface area is 90.5 Å². The number of hydrogen-bond donors (Lipinski definition) is 2. The second-order valence-corrected chi connectivity index (χ2v) is 4.42. The van der Waals surface area contributed by atoms with Crippen LogP contribution in [0.4, 0.5) is 0 Å². The Balaban J connectivity index is 2.22. The van der Waals surface area contributed by atoms with Gasteiger partial charge in [0.2, 0.25) is 0 Å². The monoisotopic (exact) mass is 206 g/mol. The van der Waals surface area contributed by atoms with E-state index in [0.29, 0.717) is 6.54 Å². The number of nitrogens with two attached hydrogens (primary N) is 1. The van der Waals surface area contributed by atoms with Gasteiger partial charge < -0.3 is 15.7 Å². The number of nitrogens with zero attached hydrogens (tertiary/aromatic N) is 1. The Morgan fingerprint density at radius 3 is 2.53 bits per heavy atom. The van der Waals surface area contributed by atoms with Crippen molar-refractivity contribution in [3.05, 3.63) is 35.4 Å². The lowest BCUT2D eigenvalue weighted by molar-refractivity contribution is 0.0489. The standard InChI is InChI=1S/C12H18N2O/c1-14-7-6-12(15,9-14)11-4-2-10(8-13)3-5-11/h2-5,15H,6-9,13H2,1H3. The van der Waals surface area contributed by atoms with E-state index < -0.39 is 5.60 Å². The van der Waals surface area contributed by atoms with Gasteiger partial charge in [0.05, 0.1) is 0 Å². The molecule has 15 heavy (non-hydrogen) atoms. The fourth-order valence-electron chi connectivity index (χ4n) is 2.17. The molecule has 0 radical (unpaired) electrons. The first-order valence-corrected chi connectivity index (χ1v) is 5.34. The topological polar surface area (TPSA) is 49.5 Å². The molecule has 0 amide bonds. The van der Waals surface area contributed by atoms with Gasteiger partial charge in [0.25, 0.3) is 0 Å². The van der Waals surface area contributed by atoms with Crippen LogP contribution in [-0.4, -0.2) is 30.1 Å². The number of β-amino-alcohol motifs (C(OH)–C–C–N with tert-alkyl or cyclic N) is 1. The quantitative estimate of drug-likeness (QED) is 0.747. The Hall–Kier alpha value is -0.900. The van der Waals surface area contributed by atoms with E-state index in [1.54, 1.807) is 0 Å². The summed E-state index contributed by atoms with van der Waals surface area (Å²) in [5, 5.41) is 10.4. The van der Waals surface area contributed by atoms with Crippen LogP contribution in [-0.2, 0) is 12.1 Å². The molecule has 1 unspecified atom stereocenters. The predicted molar refractivity (Wildman–Crippen MR) is 60.3 cm³/mol. The molecule has 1 heterocycles. The van der Waals surface area contributed by atoms with Crippen LogP contribution in [0.25, 0.3) is 0 Å². The fourth-order valence-corrected chi connectivity index (χ4v) is 2.17. The Bertz CT molecular complexity index is 336. The summed E-state index contributed by atoms with van der Waals surface area (Å²) < 4.78 is 0. The van der Waals surface area contributed by atoms with Gasteiger partial charge in [-0.05, 0) is 24.6 Å². The van der Waals surface area contributed by atoms with E-state index >= 15 is 0 Å². The van der Waals surface area contributed by atoms with Crippen LogP contribution in [0.5, 0.6) is 0 Å². The fraction of sp³-hybridized carbons (Fsp3) is 0.500. The third kappa shape index (κ3) is 2.04. The number of aliphatic hydroxyl groups is 1. The molecule has 0 saturated carbocycles. The number of likely N-dealkylation sites (N-methyl/N-ethyl adjacent to an activating group) is 1. The van der Waals surface area contributed by atoms with Crippen LogP contribution in [0.2, 0.25) is 0 Å². The number of likely N-dealkylation sites (tertiary alicyclic amines) is 1. The molecule has 2 rings (SSSR count). The Morgan fingerprint density at radius 2 is 2.07 bits per heavy atom. The van der Waals surface area contributed by atoms with Gasteiger partial charge in [-0.15, -0.1) is 0 Å². The van der Waals surface area contributed by atoms with E-state index in [9.17, 15) is 5.11 Å². The molecule has 3 heteroatoms. The minimum Gasteiger partial charge on any atom is -0.384 e. The van der Waals surface area contributed by atoms with Gasteiger partial charge in [0.15, 0.2) is 0 Å². The zero-order valence-corrected chi connectivity index (χ0v) is 9.11. The second-order valence-electron chi connectivity index (χ2n) is 4.42. The van der Waals surface area contributed by atoms with Gasteiger partial charge in [-0.3, -0.25) is 0 Å². The van der Waals surface area contributed by atoms with Crippen LogP contribution >= 0.6 is 0 Å².